The highest BCUT2D eigenvalue weighted by Crippen LogP contribution is 2.19. The minimum atomic E-state index is -0.211. The second-order valence-electron chi connectivity index (χ2n) is 6.59. The van der Waals surface area contributed by atoms with Gasteiger partial charge in [-0.1, -0.05) is 23.7 Å². The van der Waals surface area contributed by atoms with Gasteiger partial charge in [0.25, 0.3) is 0 Å². The van der Waals surface area contributed by atoms with Crippen molar-refractivity contribution in [2.24, 2.45) is 16.6 Å². The van der Waals surface area contributed by atoms with Crippen LogP contribution in [-0.2, 0) is 11.2 Å². The van der Waals surface area contributed by atoms with E-state index in [0.29, 0.717) is 12.3 Å². The normalized spacial score (nSPS) is 17.5. The quantitative estimate of drug-likeness (QED) is 0.265. The van der Waals surface area contributed by atoms with E-state index in [1.54, 1.807) is 0 Å². The van der Waals surface area contributed by atoms with Crippen molar-refractivity contribution in [3.8, 4) is 0 Å². The van der Waals surface area contributed by atoms with Crippen molar-refractivity contribution in [2.45, 2.75) is 39.0 Å². The van der Waals surface area contributed by atoms with Crippen LogP contribution in [0.4, 0.5) is 0 Å². The van der Waals surface area contributed by atoms with E-state index in [0.717, 1.165) is 62.8 Å². The number of aliphatic imine (C=N–C) groups is 1. The maximum Gasteiger partial charge on any atom is 0.217 e. The maximum absolute atomic E-state index is 11.2. The molecule has 0 bridgehead atoms. The molecule has 1 aliphatic heterocycles. The van der Waals surface area contributed by atoms with Crippen LogP contribution in [-0.4, -0.2) is 42.9 Å². The minimum Gasteiger partial charge on any atom is -0.370 e. The minimum absolute atomic E-state index is 0. The number of amides is 1. The second-order valence-corrected chi connectivity index (χ2v) is 7.03. The lowest BCUT2D eigenvalue weighted by Crippen LogP contribution is -2.47. The molecule has 1 aromatic carbocycles. The van der Waals surface area contributed by atoms with E-state index in [1.807, 2.05) is 12.1 Å². The van der Waals surface area contributed by atoms with Crippen LogP contribution in [0.1, 0.15) is 38.2 Å². The highest BCUT2D eigenvalue weighted by Gasteiger charge is 2.23. The zero-order valence-corrected chi connectivity index (χ0v) is 18.5. The Labute approximate surface area is 178 Å². The number of piperidine rings is 1. The molecule has 1 heterocycles. The Kier molecular flexibility index (Phi) is 11.0. The zero-order chi connectivity index (χ0) is 18.1. The molecule has 7 heteroatoms. The van der Waals surface area contributed by atoms with Crippen molar-refractivity contribution in [2.75, 3.05) is 26.2 Å². The summed E-state index contributed by atoms with van der Waals surface area (Å²) >= 11 is 5.91. The third-order valence-corrected chi connectivity index (χ3v) is 4.69. The number of aryl methyl sites for hydroxylation is 1. The fourth-order valence-corrected chi connectivity index (χ4v) is 3.38. The first-order chi connectivity index (χ1) is 12.1. The Hall–Kier alpha value is -1.02. The van der Waals surface area contributed by atoms with E-state index in [-0.39, 0.29) is 29.9 Å². The fraction of sp³-hybridized carbons (Fsp3) is 0.579. The first-order valence-electron chi connectivity index (χ1n) is 9.14. The molecule has 0 radical (unpaired) electrons. The third-order valence-electron chi connectivity index (χ3n) is 4.44. The van der Waals surface area contributed by atoms with Crippen LogP contribution < -0.4 is 11.1 Å². The number of likely N-dealkylation sites (tertiary alicyclic amines) is 1. The summed E-state index contributed by atoms with van der Waals surface area (Å²) in [5.74, 6) is 1.08. The van der Waals surface area contributed by atoms with E-state index in [4.69, 9.17) is 22.3 Å². The lowest BCUT2D eigenvalue weighted by molar-refractivity contribution is -0.119. The summed E-state index contributed by atoms with van der Waals surface area (Å²) < 4.78 is 0. The lowest BCUT2D eigenvalue weighted by atomic mass is 9.95. The van der Waals surface area contributed by atoms with E-state index < -0.39 is 0 Å². The fourth-order valence-electron chi connectivity index (χ4n) is 3.25. The molecule has 0 saturated carbocycles. The van der Waals surface area contributed by atoms with Gasteiger partial charge in [-0.3, -0.25) is 9.79 Å². The number of nitrogens with zero attached hydrogens (tertiary/aromatic N) is 2. The number of primary amides is 1. The van der Waals surface area contributed by atoms with Crippen molar-refractivity contribution < 1.29 is 4.79 Å². The first-order valence-corrected chi connectivity index (χ1v) is 9.52. The van der Waals surface area contributed by atoms with Crippen LogP contribution in [0.15, 0.2) is 29.3 Å². The molecule has 146 valence electrons. The SMILES string of the molecule is CCNC(=NCCCc1ccc(Cl)cc1)N1CCCC(CC(N)=O)C1.I. The van der Waals surface area contributed by atoms with Crippen LogP contribution >= 0.6 is 35.6 Å². The van der Waals surface area contributed by atoms with E-state index in [9.17, 15) is 4.79 Å². The average molecular weight is 493 g/mol. The molecule has 1 aromatic rings. The Balaban J connectivity index is 0.00000338. The third kappa shape index (κ3) is 8.12. The predicted molar refractivity (Wildman–Crippen MR) is 119 cm³/mol. The molecule has 0 spiro atoms. The number of halogens is 2. The number of hydrogen-bond acceptors (Lipinski definition) is 2. The molecule has 0 aliphatic carbocycles. The van der Waals surface area contributed by atoms with Gasteiger partial charge in [-0.2, -0.15) is 0 Å². The number of guanidine groups is 1. The molecule has 1 aliphatic rings. The van der Waals surface area contributed by atoms with Crippen molar-refractivity contribution >= 4 is 47.4 Å². The summed E-state index contributed by atoms with van der Waals surface area (Å²) in [6, 6.07) is 7.99. The molecular formula is C19H30ClIN4O. The predicted octanol–water partition coefficient (Wildman–Crippen LogP) is 3.44. The van der Waals surface area contributed by atoms with Gasteiger partial charge in [-0.15, -0.1) is 24.0 Å². The van der Waals surface area contributed by atoms with Crippen molar-refractivity contribution in [3.63, 3.8) is 0 Å². The zero-order valence-electron chi connectivity index (χ0n) is 15.4. The molecule has 3 N–H and O–H groups in total. The van der Waals surface area contributed by atoms with Gasteiger partial charge in [-0.05, 0) is 56.2 Å². The molecule has 1 amide bonds. The van der Waals surface area contributed by atoms with Gasteiger partial charge in [0.1, 0.15) is 0 Å². The first kappa shape index (κ1) is 23.0. The van der Waals surface area contributed by atoms with Crippen LogP contribution in [0.5, 0.6) is 0 Å². The monoisotopic (exact) mass is 492 g/mol. The van der Waals surface area contributed by atoms with Gasteiger partial charge in [0.05, 0.1) is 0 Å². The summed E-state index contributed by atoms with van der Waals surface area (Å²) in [6.45, 7) is 5.53. The van der Waals surface area contributed by atoms with E-state index >= 15 is 0 Å². The summed E-state index contributed by atoms with van der Waals surface area (Å²) in [6.07, 6.45) is 4.59. The highest BCUT2D eigenvalue weighted by molar-refractivity contribution is 14.0. The Morgan fingerprint density at radius 1 is 1.38 bits per heavy atom. The molecule has 5 nitrogen and oxygen atoms in total. The maximum atomic E-state index is 11.2. The highest BCUT2D eigenvalue weighted by atomic mass is 127. The summed E-state index contributed by atoms with van der Waals surface area (Å²) in [4.78, 5) is 18.2. The number of carbonyl (C=O) groups excluding carboxylic acids is 1. The van der Waals surface area contributed by atoms with Crippen molar-refractivity contribution in [1.82, 2.24) is 10.2 Å². The van der Waals surface area contributed by atoms with Gasteiger partial charge in [0, 0.05) is 37.6 Å². The molecule has 26 heavy (non-hydrogen) atoms. The van der Waals surface area contributed by atoms with Crippen molar-refractivity contribution in [3.05, 3.63) is 34.9 Å². The average Bonchev–Trinajstić information content (AvgIpc) is 2.59. The van der Waals surface area contributed by atoms with Gasteiger partial charge in [-0.25, -0.2) is 0 Å². The van der Waals surface area contributed by atoms with Gasteiger partial charge in [0.2, 0.25) is 5.91 Å². The van der Waals surface area contributed by atoms with Crippen LogP contribution in [0.25, 0.3) is 0 Å². The Morgan fingerprint density at radius 2 is 2.12 bits per heavy atom. The summed E-state index contributed by atoms with van der Waals surface area (Å²) in [5, 5.41) is 4.14. The molecule has 1 fully saturated rings. The second kappa shape index (κ2) is 12.4. The van der Waals surface area contributed by atoms with Gasteiger partial charge in [0.15, 0.2) is 5.96 Å². The molecule has 1 atom stereocenters. The van der Waals surface area contributed by atoms with Crippen LogP contribution in [0.3, 0.4) is 0 Å². The van der Waals surface area contributed by atoms with Gasteiger partial charge >= 0.3 is 0 Å². The number of nitrogens with one attached hydrogen (secondary N) is 1. The largest absolute Gasteiger partial charge is 0.370 e. The van der Waals surface area contributed by atoms with Crippen LogP contribution in [0.2, 0.25) is 5.02 Å². The molecule has 1 saturated heterocycles. The lowest BCUT2D eigenvalue weighted by Gasteiger charge is -2.34. The molecular weight excluding hydrogens is 463 g/mol. The van der Waals surface area contributed by atoms with Crippen LogP contribution in [0, 0.1) is 5.92 Å². The summed E-state index contributed by atoms with van der Waals surface area (Å²) in [5.41, 5.74) is 6.64. The van der Waals surface area contributed by atoms with E-state index in [2.05, 4.69) is 29.3 Å². The van der Waals surface area contributed by atoms with Crippen molar-refractivity contribution in [1.29, 1.82) is 0 Å². The van der Waals surface area contributed by atoms with E-state index in [1.165, 1.54) is 5.56 Å². The Bertz CT molecular complexity index is 579. The molecule has 1 unspecified atom stereocenters. The standard InChI is InChI=1S/C19H29ClN4O.HI/c1-2-22-19(24-12-4-6-16(14-24)13-18(21)25)23-11-3-5-15-7-9-17(20)10-8-15;/h7-10,16H,2-6,11-14H2,1H3,(H2,21,25)(H,22,23);1H. The summed E-state index contributed by atoms with van der Waals surface area (Å²) in [7, 11) is 0. The number of carbonyl (C=O) groups is 1. The number of rotatable bonds is 7. The number of hydrogen-bond donors (Lipinski definition) is 2. The topological polar surface area (TPSA) is 70.7 Å². The molecule has 0 aromatic heterocycles. The number of benzene rings is 1. The smallest absolute Gasteiger partial charge is 0.217 e. The number of nitrogens with two attached hydrogens (primary N) is 1. The van der Waals surface area contributed by atoms with Gasteiger partial charge < -0.3 is 16.0 Å². The molecule has 2 rings (SSSR count). The Morgan fingerprint density at radius 3 is 2.77 bits per heavy atom.